The molecule has 0 aliphatic rings. The number of furan rings is 1. The molecule has 176 valence electrons. The number of halogens is 1. The Balaban J connectivity index is 1.53. The van der Waals surface area contributed by atoms with Gasteiger partial charge in [0.15, 0.2) is 0 Å². The number of nitriles is 1. The standard InChI is InChI=1S/C27H23ClN4O3/c28-25-15-19(10-11-26(25)33)27(34)31-30-16-20-8-9-21(24-7-2-1-6-23(20)24)17-32(13-4-12-29)18-22-5-3-14-35-22/h1-3,5-11,14-16,33H,4,13,17-18H2,(H,31,34)/b30-16+. The Morgan fingerprint density at radius 3 is 2.69 bits per heavy atom. The Kier molecular flexibility index (Phi) is 7.78. The van der Waals surface area contributed by atoms with Crippen LogP contribution in [0.2, 0.25) is 5.02 Å². The predicted molar refractivity (Wildman–Crippen MR) is 135 cm³/mol. The fourth-order valence-electron chi connectivity index (χ4n) is 3.79. The van der Waals surface area contributed by atoms with E-state index in [1.54, 1.807) is 12.5 Å². The molecule has 1 amide bonds. The van der Waals surface area contributed by atoms with Crippen molar-refractivity contribution in [3.63, 3.8) is 0 Å². The molecule has 0 spiro atoms. The zero-order valence-electron chi connectivity index (χ0n) is 18.8. The van der Waals surface area contributed by atoms with Crippen LogP contribution in [0.5, 0.6) is 5.75 Å². The molecule has 0 saturated carbocycles. The van der Waals surface area contributed by atoms with E-state index in [0.717, 1.165) is 27.7 Å². The highest BCUT2D eigenvalue weighted by molar-refractivity contribution is 6.32. The van der Waals surface area contributed by atoms with E-state index in [1.807, 2.05) is 48.5 Å². The minimum atomic E-state index is -0.435. The van der Waals surface area contributed by atoms with Gasteiger partial charge < -0.3 is 9.52 Å². The van der Waals surface area contributed by atoms with Gasteiger partial charge in [-0.1, -0.05) is 48.0 Å². The van der Waals surface area contributed by atoms with Crippen molar-refractivity contribution in [3.05, 3.63) is 100 Å². The van der Waals surface area contributed by atoms with Gasteiger partial charge in [0.05, 0.1) is 30.1 Å². The van der Waals surface area contributed by atoms with Gasteiger partial charge in [-0.05, 0) is 46.7 Å². The maximum atomic E-state index is 12.4. The summed E-state index contributed by atoms with van der Waals surface area (Å²) in [5, 5.41) is 24.9. The average molecular weight is 487 g/mol. The van der Waals surface area contributed by atoms with Crippen LogP contribution in [0.25, 0.3) is 10.8 Å². The lowest BCUT2D eigenvalue weighted by Gasteiger charge is -2.21. The van der Waals surface area contributed by atoms with E-state index in [9.17, 15) is 9.90 Å². The number of amides is 1. The summed E-state index contributed by atoms with van der Waals surface area (Å²) in [5.41, 5.74) is 4.75. The summed E-state index contributed by atoms with van der Waals surface area (Å²) in [5.74, 6) is 0.324. The van der Waals surface area contributed by atoms with Gasteiger partial charge >= 0.3 is 0 Å². The summed E-state index contributed by atoms with van der Waals surface area (Å²) >= 11 is 5.88. The molecule has 35 heavy (non-hydrogen) atoms. The molecule has 0 atom stereocenters. The zero-order valence-corrected chi connectivity index (χ0v) is 19.6. The van der Waals surface area contributed by atoms with Crippen molar-refractivity contribution < 1.29 is 14.3 Å². The van der Waals surface area contributed by atoms with Crippen LogP contribution in [0.3, 0.4) is 0 Å². The van der Waals surface area contributed by atoms with E-state index in [-0.39, 0.29) is 10.8 Å². The van der Waals surface area contributed by atoms with Crippen LogP contribution in [-0.2, 0) is 13.1 Å². The van der Waals surface area contributed by atoms with Crippen LogP contribution in [0.1, 0.15) is 33.7 Å². The highest BCUT2D eigenvalue weighted by Gasteiger charge is 2.12. The molecule has 0 fully saturated rings. The molecule has 1 heterocycles. The van der Waals surface area contributed by atoms with Crippen molar-refractivity contribution in [2.45, 2.75) is 19.5 Å². The van der Waals surface area contributed by atoms with Crippen LogP contribution in [0.4, 0.5) is 0 Å². The van der Waals surface area contributed by atoms with E-state index in [2.05, 4.69) is 21.5 Å². The number of phenols is 1. The third-order valence-electron chi connectivity index (χ3n) is 5.52. The lowest BCUT2D eigenvalue weighted by molar-refractivity contribution is 0.0955. The number of hydrogen-bond acceptors (Lipinski definition) is 6. The Bertz CT molecular complexity index is 1390. The number of fused-ring (bicyclic) bond motifs is 1. The minimum Gasteiger partial charge on any atom is -0.506 e. The number of aromatic hydroxyl groups is 1. The monoisotopic (exact) mass is 486 g/mol. The van der Waals surface area contributed by atoms with Crippen molar-refractivity contribution in [1.29, 1.82) is 5.26 Å². The second kappa shape index (κ2) is 11.3. The molecule has 0 unspecified atom stereocenters. The van der Waals surface area contributed by atoms with Crippen LogP contribution in [-0.4, -0.2) is 28.7 Å². The number of phenolic OH excluding ortho intramolecular Hbond substituents is 1. The molecule has 7 nitrogen and oxygen atoms in total. The summed E-state index contributed by atoms with van der Waals surface area (Å²) in [6.45, 7) is 1.89. The Labute approximate surface area is 207 Å². The molecule has 0 aliphatic carbocycles. The second-order valence-electron chi connectivity index (χ2n) is 7.92. The van der Waals surface area contributed by atoms with E-state index in [1.165, 1.54) is 18.2 Å². The second-order valence-corrected chi connectivity index (χ2v) is 8.33. The molecule has 2 N–H and O–H groups in total. The van der Waals surface area contributed by atoms with Gasteiger partial charge in [0.2, 0.25) is 0 Å². The molecule has 1 aromatic heterocycles. The van der Waals surface area contributed by atoms with E-state index in [4.69, 9.17) is 21.3 Å². The molecule has 4 rings (SSSR count). The van der Waals surface area contributed by atoms with Crippen LogP contribution in [0.15, 0.2) is 82.5 Å². The number of nitrogens with one attached hydrogen (secondary N) is 1. The van der Waals surface area contributed by atoms with Crippen molar-refractivity contribution in [2.75, 3.05) is 6.54 Å². The first kappa shape index (κ1) is 24.0. The number of hydrogen-bond donors (Lipinski definition) is 2. The SMILES string of the molecule is N#CCCN(Cc1ccco1)Cc1ccc(/C=N/NC(=O)c2ccc(O)c(Cl)c2)c2ccccc12. The van der Waals surface area contributed by atoms with Crippen LogP contribution >= 0.6 is 11.6 Å². The van der Waals surface area contributed by atoms with Crippen LogP contribution < -0.4 is 5.43 Å². The fourth-order valence-corrected chi connectivity index (χ4v) is 3.97. The Morgan fingerprint density at radius 2 is 1.94 bits per heavy atom. The number of carbonyl (C=O) groups excluding carboxylic acids is 1. The van der Waals surface area contributed by atoms with Crippen molar-refractivity contribution >= 4 is 34.5 Å². The van der Waals surface area contributed by atoms with Crippen LogP contribution in [0, 0.1) is 11.3 Å². The summed E-state index contributed by atoms with van der Waals surface area (Å²) in [6.07, 6.45) is 3.67. The van der Waals surface area contributed by atoms with Crippen molar-refractivity contribution in [1.82, 2.24) is 10.3 Å². The van der Waals surface area contributed by atoms with E-state index >= 15 is 0 Å². The normalized spacial score (nSPS) is 11.2. The molecule has 8 heteroatoms. The predicted octanol–water partition coefficient (Wildman–Crippen LogP) is 5.47. The van der Waals surface area contributed by atoms with Gasteiger partial charge in [0, 0.05) is 30.6 Å². The molecule has 0 radical (unpaired) electrons. The maximum Gasteiger partial charge on any atom is 0.271 e. The third-order valence-corrected chi connectivity index (χ3v) is 5.82. The third kappa shape index (κ3) is 6.07. The van der Waals surface area contributed by atoms with Gasteiger partial charge in [-0.2, -0.15) is 10.4 Å². The first-order valence-corrected chi connectivity index (χ1v) is 11.4. The molecule has 0 aliphatic heterocycles. The summed E-state index contributed by atoms with van der Waals surface area (Å²) in [4.78, 5) is 14.5. The van der Waals surface area contributed by atoms with Gasteiger partial charge in [0.25, 0.3) is 5.91 Å². The molecule has 0 bridgehead atoms. The Hall–Kier alpha value is -4.12. The summed E-state index contributed by atoms with van der Waals surface area (Å²) in [7, 11) is 0. The highest BCUT2D eigenvalue weighted by Crippen LogP contribution is 2.25. The number of rotatable bonds is 9. The number of carbonyl (C=O) groups is 1. The smallest absolute Gasteiger partial charge is 0.271 e. The molecule has 3 aromatic carbocycles. The number of benzene rings is 3. The number of nitrogens with zero attached hydrogens (tertiary/aromatic N) is 3. The molecular weight excluding hydrogens is 464 g/mol. The number of hydrazone groups is 1. The van der Waals surface area contributed by atoms with E-state index < -0.39 is 5.91 Å². The lowest BCUT2D eigenvalue weighted by atomic mass is 9.99. The summed E-state index contributed by atoms with van der Waals surface area (Å²) in [6, 6.07) is 22.2. The Morgan fingerprint density at radius 1 is 1.11 bits per heavy atom. The highest BCUT2D eigenvalue weighted by atomic mass is 35.5. The first-order valence-electron chi connectivity index (χ1n) is 11.0. The summed E-state index contributed by atoms with van der Waals surface area (Å²) < 4.78 is 5.50. The van der Waals surface area contributed by atoms with Crippen molar-refractivity contribution in [2.24, 2.45) is 5.10 Å². The molecule has 4 aromatic rings. The van der Waals surface area contributed by atoms with Gasteiger partial charge in [-0.15, -0.1) is 0 Å². The average Bonchev–Trinajstić information content (AvgIpc) is 3.38. The lowest BCUT2D eigenvalue weighted by Crippen LogP contribution is -2.23. The van der Waals surface area contributed by atoms with E-state index in [0.29, 0.717) is 31.6 Å². The molecular formula is C27H23ClN4O3. The quantitative estimate of drug-likeness (QED) is 0.241. The zero-order chi connectivity index (χ0) is 24.6. The first-order chi connectivity index (χ1) is 17.0. The molecule has 0 saturated heterocycles. The topological polar surface area (TPSA) is 102 Å². The fraction of sp³-hybridized carbons (Fsp3) is 0.148. The van der Waals surface area contributed by atoms with Gasteiger partial charge in [0.1, 0.15) is 11.5 Å². The minimum absolute atomic E-state index is 0.0892. The van der Waals surface area contributed by atoms with Gasteiger partial charge in [-0.3, -0.25) is 9.69 Å². The maximum absolute atomic E-state index is 12.4. The van der Waals surface area contributed by atoms with Crippen molar-refractivity contribution in [3.8, 4) is 11.8 Å². The van der Waals surface area contributed by atoms with Gasteiger partial charge in [-0.25, -0.2) is 5.43 Å². The largest absolute Gasteiger partial charge is 0.506 e.